The van der Waals surface area contributed by atoms with Gasteiger partial charge in [0.15, 0.2) is 0 Å². The topological polar surface area (TPSA) is 122 Å². The van der Waals surface area contributed by atoms with Gasteiger partial charge in [0.05, 0.1) is 18.7 Å². The van der Waals surface area contributed by atoms with E-state index in [2.05, 4.69) is 5.32 Å². The summed E-state index contributed by atoms with van der Waals surface area (Å²) < 4.78 is 5.31. The number of aryl methyl sites for hydroxylation is 1. The number of rotatable bonds is 8. The number of carbonyl (C=O) groups excluding carboxylic acids is 2. The molecule has 35 heavy (non-hydrogen) atoms. The van der Waals surface area contributed by atoms with Gasteiger partial charge < -0.3 is 20.5 Å². The molecule has 2 aromatic rings. The zero-order chi connectivity index (χ0) is 24.9. The summed E-state index contributed by atoms with van der Waals surface area (Å²) >= 11 is 0. The number of hydrogen-bond donors (Lipinski definition) is 3. The molecule has 8 heteroatoms. The van der Waals surface area contributed by atoms with Gasteiger partial charge in [0, 0.05) is 5.69 Å². The Labute approximate surface area is 205 Å². The van der Waals surface area contributed by atoms with E-state index >= 15 is 0 Å². The Morgan fingerprint density at radius 3 is 2.69 bits per heavy atom. The zero-order valence-electron chi connectivity index (χ0n) is 20.0. The van der Waals surface area contributed by atoms with Crippen LogP contribution in [0, 0.1) is 0 Å². The van der Waals surface area contributed by atoms with Gasteiger partial charge in [0.1, 0.15) is 12.1 Å². The number of esters is 1. The largest absolute Gasteiger partial charge is 0.480 e. The van der Waals surface area contributed by atoms with Crippen molar-refractivity contribution in [1.82, 2.24) is 10.2 Å². The Morgan fingerprint density at radius 1 is 1.20 bits per heavy atom. The minimum atomic E-state index is -1.01. The molecule has 0 radical (unpaired) electrons. The quantitative estimate of drug-likeness (QED) is 0.393. The van der Waals surface area contributed by atoms with Crippen LogP contribution in [0.1, 0.15) is 55.3 Å². The molecular weight excluding hydrogens is 446 g/mol. The molecule has 4 atom stereocenters. The summed E-state index contributed by atoms with van der Waals surface area (Å²) in [6, 6.07) is 12.7. The number of aliphatic carboxylic acids is 1. The first kappa shape index (κ1) is 24.7. The highest BCUT2D eigenvalue weighted by Gasteiger charge is 2.45. The molecule has 2 aromatic carbocycles. The fourth-order valence-corrected chi connectivity index (χ4v) is 5.29. The number of nitrogens with one attached hydrogen (secondary N) is 1. The number of hydrogen-bond acceptors (Lipinski definition) is 6. The van der Waals surface area contributed by atoms with Crippen molar-refractivity contribution < 1.29 is 24.2 Å². The lowest BCUT2D eigenvalue weighted by Gasteiger charge is -2.41. The van der Waals surface area contributed by atoms with E-state index in [1.807, 2.05) is 42.5 Å². The van der Waals surface area contributed by atoms with Crippen LogP contribution in [0.2, 0.25) is 0 Å². The van der Waals surface area contributed by atoms with E-state index in [4.69, 9.17) is 10.5 Å². The van der Waals surface area contributed by atoms with Crippen LogP contribution in [0.5, 0.6) is 0 Å². The van der Waals surface area contributed by atoms with Crippen LogP contribution in [0.3, 0.4) is 0 Å². The van der Waals surface area contributed by atoms with Crippen LogP contribution in [-0.2, 0) is 32.0 Å². The number of carboxylic acids is 1. The number of nitrogens with zero attached hydrogens (tertiary/aromatic N) is 1. The maximum absolute atomic E-state index is 13.9. The summed E-state index contributed by atoms with van der Waals surface area (Å²) in [5, 5.41) is 13.2. The number of anilines is 1. The molecule has 0 saturated carbocycles. The number of ether oxygens (including phenoxy) is 1. The van der Waals surface area contributed by atoms with Crippen molar-refractivity contribution in [3.63, 3.8) is 0 Å². The van der Waals surface area contributed by atoms with Crippen molar-refractivity contribution in [2.45, 2.75) is 69.6 Å². The first-order valence-corrected chi connectivity index (χ1v) is 12.3. The number of nitrogens with two attached hydrogens (primary N) is 1. The van der Waals surface area contributed by atoms with E-state index < -0.39 is 30.1 Å². The summed E-state index contributed by atoms with van der Waals surface area (Å²) in [5.74, 6) is -1.73. The maximum Gasteiger partial charge on any atom is 0.326 e. The van der Waals surface area contributed by atoms with Crippen LogP contribution >= 0.6 is 0 Å². The molecule has 1 fully saturated rings. The molecule has 2 heterocycles. The lowest BCUT2D eigenvalue weighted by molar-refractivity contribution is -0.156. The van der Waals surface area contributed by atoms with Gasteiger partial charge in [-0.2, -0.15) is 0 Å². The zero-order valence-corrected chi connectivity index (χ0v) is 20.0. The molecule has 1 saturated heterocycles. The predicted molar refractivity (Wildman–Crippen MR) is 132 cm³/mol. The third kappa shape index (κ3) is 5.48. The van der Waals surface area contributed by atoms with Gasteiger partial charge in [-0.3, -0.25) is 14.9 Å². The van der Waals surface area contributed by atoms with Gasteiger partial charge in [0.25, 0.3) is 0 Å². The van der Waals surface area contributed by atoms with Crippen molar-refractivity contribution in [2.75, 3.05) is 12.3 Å². The maximum atomic E-state index is 13.9. The number of carboxylic acid groups (broad SMARTS) is 1. The van der Waals surface area contributed by atoms with Crippen molar-refractivity contribution in [3.05, 3.63) is 65.2 Å². The molecule has 4 N–H and O–H groups in total. The van der Waals surface area contributed by atoms with E-state index in [9.17, 15) is 19.5 Å². The number of amides is 1. The second-order valence-corrected chi connectivity index (χ2v) is 9.26. The smallest absolute Gasteiger partial charge is 0.326 e. The number of fused-ring (bicyclic) bond motifs is 3. The Kier molecular flexibility index (Phi) is 7.70. The number of carbonyl (C=O) groups is 3. The molecule has 186 valence electrons. The average molecular weight is 480 g/mol. The highest BCUT2D eigenvalue weighted by molar-refractivity contribution is 5.89. The summed E-state index contributed by atoms with van der Waals surface area (Å²) in [4.78, 5) is 40.3. The van der Waals surface area contributed by atoms with Crippen LogP contribution in [0.4, 0.5) is 5.69 Å². The van der Waals surface area contributed by atoms with Crippen LogP contribution in [0.25, 0.3) is 0 Å². The summed E-state index contributed by atoms with van der Waals surface area (Å²) in [6.45, 7) is 1.98. The van der Waals surface area contributed by atoms with E-state index in [-0.39, 0.29) is 18.6 Å². The molecule has 8 nitrogen and oxygen atoms in total. The average Bonchev–Trinajstić information content (AvgIpc) is 2.97. The minimum absolute atomic E-state index is 0.234. The minimum Gasteiger partial charge on any atom is -0.480 e. The normalized spacial score (nSPS) is 22.5. The SMILES string of the molecule is CCOC(=O)[C@H](CCc1ccccc1)N[C@@H]1Cc2ccc(N)cc2[C@@H]2CCC[C@H](C(=O)O)N2C1=O. The first-order valence-electron chi connectivity index (χ1n) is 12.3. The summed E-state index contributed by atoms with van der Waals surface area (Å²) in [6.07, 6.45) is 3.21. The lowest BCUT2D eigenvalue weighted by Crippen LogP contribution is -2.57. The first-order chi connectivity index (χ1) is 16.9. The second-order valence-electron chi connectivity index (χ2n) is 9.26. The van der Waals surface area contributed by atoms with Crippen molar-refractivity contribution >= 4 is 23.5 Å². The molecule has 0 bridgehead atoms. The summed E-state index contributed by atoms with van der Waals surface area (Å²) in [7, 11) is 0. The van der Waals surface area contributed by atoms with E-state index in [1.54, 1.807) is 13.0 Å². The Balaban J connectivity index is 1.65. The molecule has 1 amide bonds. The van der Waals surface area contributed by atoms with Crippen molar-refractivity contribution in [2.24, 2.45) is 0 Å². The highest BCUT2D eigenvalue weighted by atomic mass is 16.5. The van der Waals surface area contributed by atoms with Gasteiger partial charge in [-0.05, 0) is 74.3 Å². The van der Waals surface area contributed by atoms with E-state index in [1.165, 1.54) is 4.90 Å². The van der Waals surface area contributed by atoms with Gasteiger partial charge in [0.2, 0.25) is 5.91 Å². The number of nitrogen functional groups attached to an aromatic ring is 1. The molecular formula is C27H33N3O5. The van der Waals surface area contributed by atoms with Crippen LogP contribution < -0.4 is 11.1 Å². The van der Waals surface area contributed by atoms with Gasteiger partial charge >= 0.3 is 11.9 Å². The second kappa shape index (κ2) is 10.9. The molecule has 0 aromatic heterocycles. The fraction of sp³-hybridized carbons (Fsp3) is 0.444. The third-order valence-corrected chi connectivity index (χ3v) is 6.96. The predicted octanol–water partition coefficient (Wildman–Crippen LogP) is 2.85. The van der Waals surface area contributed by atoms with E-state index in [0.29, 0.717) is 44.2 Å². The number of benzene rings is 2. The molecule has 2 aliphatic rings. The Bertz CT molecular complexity index is 1070. The van der Waals surface area contributed by atoms with E-state index in [0.717, 1.165) is 16.7 Å². The third-order valence-electron chi connectivity index (χ3n) is 6.96. The Morgan fingerprint density at radius 2 is 1.97 bits per heavy atom. The molecule has 2 aliphatic heterocycles. The van der Waals surface area contributed by atoms with Crippen molar-refractivity contribution in [1.29, 1.82) is 0 Å². The monoisotopic (exact) mass is 479 g/mol. The Hall–Kier alpha value is -3.39. The number of piperidine rings is 1. The van der Waals surface area contributed by atoms with Gasteiger partial charge in [-0.15, -0.1) is 0 Å². The van der Waals surface area contributed by atoms with Crippen molar-refractivity contribution in [3.8, 4) is 0 Å². The molecule has 0 unspecified atom stereocenters. The van der Waals surface area contributed by atoms with Gasteiger partial charge in [-0.25, -0.2) is 4.79 Å². The van der Waals surface area contributed by atoms with Crippen LogP contribution in [0.15, 0.2) is 48.5 Å². The fourth-order valence-electron chi connectivity index (χ4n) is 5.29. The standard InChI is InChI=1S/C27H33N3O5/c1-2-35-27(34)21(14-11-17-7-4-3-5-8-17)29-22-15-18-12-13-19(28)16-20(18)23-9-6-10-24(26(32)33)30(23)25(22)31/h3-5,7-8,12-13,16,21-24,29H,2,6,9-11,14-15,28H2,1H3,(H,32,33)/t21-,22+,23-,24+/m0/s1. The highest BCUT2D eigenvalue weighted by Crippen LogP contribution is 2.40. The molecule has 4 rings (SSSR count). The molecule has 0 aliphatic carbocycles. The van der Waals surface area contributed by atoms with Gasteiger partial charge in [-0.1, -0.05) is 36.4 Å². The summed E-state index contributed by atoms with van der Waals surface area (Å²) in [5.41, 5.74) is 9.56. The van der Waals surface area contributed by atoms with Crippen LogP contribution in [-0.4, -0.2) is 52.6 Å². The molecule has 0 spiro atoms. The lowest BCUT2D eigenvalue weighted by atomic mass is 9.89.